The highest BCUT2D eigenvalue weighted by atomic mass is 35.5. The molecule has 1 aromatic carbocycles. The van der Waals surface area contributed by atoms with Gasteiger partial charge in [0.2, 0.25) is 5.91 Å². The van der Waals surface area contributed by atoms with E-state index in [0.717, 1.165) is 31.7 Å². The van der Waals surface area contributed by atoms with Gasteiger partial charge in [0.05, 0.1) is 5.02 Å². The van der Waals surface area contributed by atoms with Crippen molar-refractivity contribution in [1.82, 2.24) is 21.1 Å². The molecule has 0 spiro atoms. The number of nitrogens with zero attached hydrogens (tertiary/aromatic N) is 1. The van der Waals surface area contributed by atoms with Crippen molar-refractivity contribution in [2.75, 3.05) is 13.7 Å². The van der Waals surface area contributed by atoms with Gasteiger partial charge in [-0.1, -0.05) is 32.4 Å². The summed E-state index contributed by atoms with van der Waals surface area (Å²) in [6.07, 6.45) is 3.24. The quantitative estimate of drug-likeness (QED) is 0.600. The highest BCUT2D eigenvalue weighted by Gasteiger charge is 2.57. The first kappa shape index (κ1) is 23.3. The fourth-order valence-electron chi connectivity index (χ4n) is 5.21. The number of benzene rings is 1. The van der Waals surface area contributed by atoms with Crippen molar-refractivity contribution in [3.05, 3.63) is 29.0 Å². The number of nitrogens with one attached hydrogen (secondary N) is 3. The van der Waals surface area contributed by atoms with E-state index in [-0.39, 0.29) is 58.3 Å². The maximum absolute atomic E-state index is 13.5. The predicted octanol–water partition coefficient (Wildman–Crippen LogP) is 2.63. The fraction of sp³-hybridized carbons (Fsp3) is 0.652. The second-order valence-corrected chi connectivity index (χ2v) is 11.0. The first-order valence-electron chi connectivity index (χ1n) is 11.1. The van der Waals surface area contributed by atoms with Crippen LogP contribution >= 0.6 is 11.6 Å². The molecular formula is C23H32ClFN4O3. The molecule has 0 aromatic heterocycles. The zero-order valence-electron chi connectivity index (χ0n) is 19.0. The molecule has 2 bridgehead atoms. The summed E-state index contributed by atoms with van der Waals surface area (Å²) in [6, 6.07) is 4.13. The van der Waals surface area contributed by atoms with Gasteiger partial charge in [-0.25, -0.2) is 9.40 Å². The zero-order valence-corrected chi connectivity index (χ0v) is 19.8. The number of carbonyl (C=O) groups is 2. The summed E-state index contributed by atoms with van der Waals surface area (Å²) in [5, 5.41) is 8.22. The van der Waals surface area contributed by atoms with Gasteiger partial charge in [0.25, 0.3) is 5.91 Å². The summed E-state index contributed by atoms with van der Waals surface area (Å²) in [4.78, 5) is 25.4. The van der Waals surface area contributed by atoms with Crippen molar-refractivity contribution in [2.24, 2.45) is 11.3 Å². The predicted molar refractivity (Wildman–Crippen MR) is 120 cm³/mol. The highest BCUT2D eigenvalue weighted by Crippen LogP contribution is 2.52. The van der Waals surface area contributed by atoms with E-state index in [1.165, 1.54) is 12.1 Å². The van der Waals surface area contributed by atoms with Crippen LogP contribution in [0.4, 0.5) is 4.39 Å². The Hall–Kier alpha value is -1.90. The van der Waals surface area contributed by atoms with E-state index in [2.05, 4.69) is 36.8 Å². The first-order chi connectivity index (χ1) is 15.0. The lowest BCUT2D eigenvalue weighted by atomic mass is 9.76. The minimum absolute atomic E-state index is 0.00776. The highest BCUT2D eigenvalue weighted by molar-refractivity contribution is 6.30. The molecule has 4 aliphatic rings. The number of rotatable bonds is 6. The van der Waals surface area contributed by atoms with Crippen molar-refractivity contribution < 1.29 is 18.7 Å². The maximum atomic E-state index is 13.5. The number of ether oxygens (including phenoxy) is 1. The topological polar surface area (TPSA) is 82.7 Å². The molecule has 1 aromatic rings. The Labute approximate surface area is 193 Å². The third kappa shape index (κ3) is 4.72. The van der Waals surface area contributed by atoms with Crippen molar-refractivity contribution in [3.63, 3.8) is 0 Å². The molecule has 1 aliphatic heterocycles. The summed E-state index contributed by atoms with van der Waals surface area (Å²) in [7, 11) is 1.92. The molecule has 0 radical (unpaired) electrons. The summed E-state index contributed by atoms with van der Waals surface area (Å²) in [6.45, 7) is 6.32. The number of hydrazine groups is 1. The Balaban J connectivity index is 1.25. The number of halogens is 2. The van der Waals surface area contributed by atoms with E-state index in [1.807, 2.05) is 12.1 Å². The average molecular weight is 467 g/mol. The lowest BCUT2D eigenvalue weighted by molar-refractivity contribution is -0.128. The Bertz CT molecular complexity index is 900. The fourth-order valence-corrected chi connectivity index (χ4v) is 5.33. The van der Waals surface area contributed by atoms with Crippen LogP contribution in [0, 0.1) is 17.2 Å². The van der Waals surface area contributed by atoms with Crippen LogP contribution in [0.1, 0.15) is 46.5 Å². The molecule has 7 nitrogen and oxygen atoms in total. The van der Waals surface area contributed by atoms with Gasteiger partial charge in [0.15, 0.2) is 6.61 Å². The Morgan fingerprint density at radius 1 is 1.31 bits per heavy atom. The van der Waals surface area contributed by atoms with Crippen molar-refractivity contribution >= 4 is 23.4 Å². The number of carbonyl (C=O) groups excluding carboxylic acids is 2. The van der Waals surface area contributed by atoms with Gasteiger partial charge < -0.3 is 15.4 Å². The first-order valence-corrected chi connectivity index (χ1v) is 11.5. The van der Waals surface area contributed by atoms with Crippen LogP contribution in [-0.2, 0) is 9.59 Å². The normalized spacial score (nSPS) is 31.8. The van der Waals surface area contributed by atoms with E-state index in [4.69, 9.17) is 16.3 Å². The van der Waals surface area contributed by atoms with Gasteiger partial charge >= 0.3 is 0 Å². The number of amides is 2. The van der Waals surface area contributed by atoms with Crippen LogP contribution < -0.4 is 20.8 Å². The van der Waals surface area contributed by atoms with Crippen LogP contribution in [-0.4, -0.2) is 54.1 Å². The largest absolute Gasteiger partial charge is 0.484 e. The Morgan fingerprint density at radius 3 is 2.66 bits per heavy atom. The molecular weight excluding hydrogens is 435 g/mol. The van der Waals surface area contributed by atoms with Crippen LogP contribution in [0.25, 0.3) is 0 Å². The molecule has 3 aliphatic carbocycles. The van der Waals surface area contributed by atoms with E-state index >= 15 is 0 Å². The smallest absolute Gasteiger partial charge is 0.258 e. The molecule has 1 saturated heterocycles. The van der Waals surface area contributed by atoms with Gasteiger partial charge in [-0.2, -0.15) is 0 Å². The van der Waals surface area contributed by atoms with E-state index in [9.17, 15) is 14.0 Å². The van der Waals surface area contributed by atoms with Gasteiger partial charge in [0.1, 0.15) is 17.6 Å². The lowest BCUT2D eigenvalue weighted by Gasteiger charge is -2.40. The molecule has 3 atom stereocenters. The third-order valence-corrected chi connectivity index (χ3v) is 7.42. The molecule has 1 heterocycles. The van der Waals surface area contributed by atoms with Crippen molar-refractivity contribution in [2.45, 2.75) is 70.1 Å². The van der Waals surface area contributed by atoms with Crippen molar-refractivity contribution in [1.29, 1.82) is 0 Å². The van der Waals surface area contributed by atoms with Crippen molar-refractivity contribution in [3.8, 4) is 5.75 Å². The number of fused-ring (bicyclic) bond motifs is 1. The van der Waals surface area contributed by atoms with E-state index in [1.54, 1.807) is 0 Å². The van der Waals surface area contributed by atoms with Gasteiger partial charge in [-0.05, 0) is 49.1 Å². The lowest BCUT2D eigenvalue weighted by Crippen LogP contribution is -2.56. The minimum Gasteiger partial charge on any atom is -0.484 e. The van der Waals surface area contributed by atoms with E-state index < -0.39 is 5.82 Å². The standard InChI is InChI=1S/C23H32ClFN4O3/c1-22(2,3)19-8-18(29(4)28-19)21(31)27-23-9-13(10-23)17(11-23)26-20(30)12-32-14-5-6-15(24)16(25)7-14/h5-7,13,17-19,28H,8-12H2,1-4H3,(H,26,30)(H,27,31)/t13?,17-,18?,19?,23?/m0/s1. The maximum Gasteiger partial charge on any atom is 0.258 e. The number of hydrogen-bond acceptors (Lipinski definition) is 5. The zero-order chi connectivity index (χ0) is 23.3. The van der Waals surface area contributed by atoms with Crippen LogP contribution in [0.15, 0.2) is 18.2 Å². The van der Waals surface area contributed by atoms with Gasteiger partial charge in [-0.15, -0.1) is 0 Å². The third-order valence-electron chi connectivity index (χ3n) is 7.12. The van der Waals surface area contributed by atoms with Gasteiger partial charge in [-0.3, -0.25) is 15.0 Å². The minimum atomic E-state index is -0.587. The van der Waals surface area contributed by atoms with Crippen LogP contribution in [0.2, 0.25) is 5.02 Å². The second kappa shape index (κ2) is 8.47. The second-order valence-electron chi connectivity index (χ2n) is 10.6. The average Bonchev–Trinajstić information content (AvgIpc) is 3.32. The number of hydrogen-bond donors (Lipinski definition) is 3. The Morgan fingerprint density at radius 2 is 2.03 bits per heavy atom. The molecule has 9 heteroatoms. The Kier molecular flexibility index (Phi) is 6.15. The summed E-state index contributed by atoms with van der Waals surface area (Å²) in [5.41, 5.74) is 3.25. The molecule has 32 heavy (non-hydrogen) atoms. The SMILES string of the molecule is CN1NC(C(C)(C)C)CC1C(=O)NC12CC(C1)[C@@H](NC(=O)COc1ccc(Cl)c(F)c1)C2. The molecule has 5 rings (SSSR count). The molecule has 176 valence electrons. The monoisotopic (exact) mass is 466 g/mol. The summed E-state index contributed by atoms with van der Waals surface area (Å²) in [5.74, 6) is -0.188. The molecule has 2 unspecified atom stereocenters. The number of likely N-dealkylation sites (N-methyl/N-ethyl adjacent to an activating group) is 1. The summed E-state index contributed by atoms with van der Waals surface area (Å²) < 4.78 is 18.9. The summed E-state index contributed by atoms with van der Waals surface area (Å²) >= 11 is 5.66. The van der Waals surface area contributed by atoms with Gasteiger partial charge in [0, 0.05) is 30.7 Å². The van der Waals surface area contributed by atoms with E-state index in [0.29, 0.717) is 5.92 Å². The molecule has 2 amide bonds. The molecule has 4 fully saturated rings. The van der Waals surface area contributed by atoms with Crippen LogP contribution in [0.5, 0.6) is 5.75 Å². The molecule has 3 N–H and O–H groups in total. The van der Waals surface area contributed by atoms with Crippen LogP contribution in [0.3, 0.4) is 0 Å². The molecule has 3 saturated carbocycles.